The van der Waals surface area contributed by atoms with Crippen molar-refractivity contribution in [3.05, 3.63) is 89.2 Å². The van der Waals surface area contributed by atoms with Crippen LogP contribution in [-0.2, 0) is 9.59 Å². The van der Waals surface area contributed by atoms with Gasteiger partial charge in [0.15, 0.2) is 5.13 Å². The Balaban J connectivity index is 1.65. The molecule has 4 aromatic rings. The number of rotatable bonds is 9. The number of ether oxygens (including phenoxy) is 2. The normalized spacial score (nSPS) is 16.7. The molecule has 0 bridgehead atoms. The number of fused-ring (bicyclic) bond motifs is 1. The Kier molecular flexibility index (Phi) is 7.60. The lowest BCUT2D eigenvalue weighted by atomic mass is 9.95. The molecule has 1 N–H and O–H groups in total. The van der Waals surface area contributed by atoms with E-state index in [1.165, 1.54) is 40.5 Å². The summed E-state index contributed by atoms with van der Waals surface area (Å²) < 4.78 is 25.9. The average molecular weight is 547 g/mol. The van der Waals surface area contributed by atoms with Crippen molar-refractivity contribution in [1.82, 2.24) is 4.98 Å². The highest BCUT2D eigenvalue weighted by Gasteiger charge is 2.48. The maximum Gasteiger partial charge on any atom is 0.301 e. The van der Waals surface area contributed by atoms with Crippen molar-refractivity contribution in [2.24, 2.45) is 0 Å². The summed E-state index contributed by atoms with van der Waals surface area (Å²) in [6.07, 6.45) is 1.85. The molecule has 1 saturated heterocycles. The van der Waals surface area contributed by atoms with Gasteiger partial charge in [-0.2, -0.15) is 0 Å². The van der Waals surface area contributed by atoms with E-state index in [0.29, 0.717) is 40.9 Å². The van der Waals surface area contributed by atoms with Gasteiger partial charge in [0, 0.05) is 5.56 Å². The Labute approximate surface area is 229 Å². The number of Topliss-reactive ketones (excluding diaryl/α,β-unsaturated/α-hetero) is 1. The quantitative estimate of drug-likeness (QED) is 0.110. The molecule has 1 fully saturated rings. The molecule has 3 aromatic carbocycles. The lowest BCUT2D eigenvalue weighted by molar-refractivity contribution is -0.132. The molecule has 1 unspecified atom stereocenters. The third-order valence-corrected chi connectivity index (χ3v) is 7.39. The number of hydrogen-bond acceptors (Lipinski definition) is 7. The zero-order chi connectivity index (χ0) is 27.5. The van der Waals surface area contributed by atoms with Gasteiger partial charge in [-0.3, -0.25) is 14.5 Å². The minimum Gasteiger partial charge on any atom is -0.507 e. The number of halogens is 1. The first-order valence-corrected chi connectivity index (χ1v) is 13.6. The first-order valence-electron chi connectivity index (χ1n) is 12.7. The van der Waals surface area contributed by atoms with E-state index in [0.717, 1.165) is 17.5 Å². The Morgan fingerprint density at radius 1 is 1.03 bits per heavy atom. The number of benzene rings is 3. The Morgan fingerprint density at radius 3 is 2.54 bits per heavy atom. The van der Waals surface area contributed by atoms with Crippen LogP contribution in [0.2, 0.25) is 0 Å². The number of aromatic nitrogens is 1. The molecule has 200 valence electrons. The van der Waals surface area contributed by atoms with Crippen molar-refractivity contribution >= 4 is 44.1 Å². The minimum absolute atomic E-state index is 0.105. The molecule has 0 saturated carbocycles. The zero-order valence-electron chi connectivity index (χ0n) is 21.5. The van der Waals surface area contributed by atoms with Gasteiger partial charge in [0.1, 0.15) is 23.1 Å². The molecule has 2 heterocycles. The number of carbonyl (C=O) groups is 2. The molecule has 39 heavy (non-hydrogen) atoms. The highest BCUT2D eigenvalue weighted by molar-refractivity contribution is 7.22. The lowest BCUT2D eigenvalue weighted by Crippen LogP contribution is -2.29. The maximum absolute atomic E-state index is 13.6. The summed E-state index contributed by atoms with van der Waals surface area (Å²) in [5.74, 6) is -1.29. The van der Waals surface area contributed by atoms with E-state index in [2.05, 4.69) is 11.9 Å². The maximum atomic E-state index is 13.6. The molecule has 0 aliphatic carbocycles. The van der Waals surface area contributed by atoms with E-state index in [9.17, 15) is 19.1 Å². The summed E-state index contributed by atoms with van der Waals surface area (Å²) in [6, 6.07) is 16.7. The summed E-state index contributed by atoms with van der Waals surface area (Å²) in [4.78, 5) is 32.9. The van der Waals surface area contributed by atoms with Crippen molar-refractivity contribution in [3.63, 3.8) is 0 Å². The third kappa shape index (κ3) is 5.22. The monoisotopic (exact) mass is 546 g/mol. The predicted molar refractivity (Wildman–Crippen MR) is 149 cm³/mol. The van der Waals surface area contributed by atoms with Gasteiger partial charge in [-0.05, 0) is 73.5 Å². The van der Waals surface area contributed by atoms with Crippen molar-refractivity contribution in [2.75, 3.05) is 18.1 Å². The molecular weight excluding hydrogens is 519 g/mol. The predicted octanol–water partition coefficient (Wildman–Crippen LogP) is 6.64. The summed E-state index contributed by atoms with van der Waals surface area (Å²) >= 11 is 1.25. The molecule has 5 rings (SSSR count). The van der Waals surface area contributed by atoms with Gasteiger partial charge in [-0.1, -0.05) is 36.8 Å². The van der Waals surface area contributed by atoms with E-state index in [1.54, 1.807) is 36.4 Å². The van der Waals surface area contributed by atoms with Crippen LogP contribution >= 0.6 is 11.3 Å². The van der Waals surface area contributed by atoms with E-state index < -0.39 is 29.3 Å². The molecule has 1 aliphatic rings. The number of hydrogen-bond donors (Lipinski definition) is 1. The Morgan fingerprint density at radius 2 is 1.79 bits per heavy atom. The van der Waals surface area contributed by atoms with Crippen LogP contribution in [0.25, 0.3) is 16.0 Å². The van der Waals surface area contributed by atoms with Gasteiger partial charge in [-0.25, -0.2) is 9.37 Å². The van der Waals surface area contributed by atoms with Gasteiger partial charge < -0.3 is 14.6 Å². The van der Waals surface area contributed by atoms with Gasteiger partial charge >= 0.3 is 5.91 Å². The average Bonchev–Trinajstić information content (AvgIpc) is 3.47. The molecule has 7 nitrogen and oxygen atoms in total. The fraction of sp³-hybridized carbons (Fsp3) is 0.233. The molecule has 1 atom stereocenters. The molecule has 0 radical (unpaired) electrons. The molecular formula is C30H27FN2O5S. The smallest absolute Gasteiger partial charge is 0.301 e. The zero-order valence-corrected chi connectivity index (χ0v) is 22.3. The second kappa shape index (κ2) is 11.2. The molecule has 9 heteroatoms. The summed E-state index contributed by atoms with van der Waals surface area (Å²) in [5, 5.41) is 11.6. The highest BCUT2D eigenvalue weighted by Crippen LogP contribution is 2.45. The minimum atomic E-state index is -0.975. The second-order valence-corrected chi connectivity index (χ2v) is 10.0. The van der Waals surface area contributed by atoms with Crippen molar-refractivity contribution in [3.8, 4) is 11.5 Å². The fourth-order valence-corrected chi connectivity index (χ4v) is 5.49. The number of thiazole rings is 1. The van der Waals surface area contributed by atoms with E-state index in [1.807, 2.05) is 13.0 Å². The summed E-state index contributed by atoms with van der Waals surface area (Å²) in [5.41, 5.74) is 1.34. The number of nitrogens with zero attached hydrogens (tertiary/aromatic N) is 2. The number of anilines is 1. The van der Waals surface area contributed by atoms with Crippen LogP contribution in [0, 0.1) is 5.82 Å². The fourth-order valence-electron chi connectivity index (χ4n) is 4.47. The summed E-state index contributed by atoms with van der Waals surface area (Å²) in [6.45, 7) is 4.99. The van der Waals surface area contributed by atoms with Crippen LogP contribution in [0.15, 0.2) is 72.3 Å². The third-order valence-electron chi connectivity index (χ3n) is 6.37. The standard InChI is InChI=1S/C30H27FN2O5S/c1-3-5-15-38-21-8-6-7-19(16-21)26-25(27(34)18-9-11-20(31)12-10-18)28(35)29(36)33(26)30-32-23-14-13-22(37-4-2)17-24(23)39-30/h6-14,16-17,26,34H,3-5,15H2,1-2H3/b27-25+. The van der Waals surface area contributed by atoms with Crippen molar-refractivity contribution in [1.29, 1.82) is 0 Å². The van der Waals surface area contributed by atoms with E-state index >= 15 is 0 Å². The van der Waals surface area contributed by atoms with Crippen LogP contribution < -0.4 is 14.4 Å². The van der Waals surface area contributed by atoms with Crippen molar-refractivity contribution < 1.29 is 28.6 Å². The van der Waals surface area contributed by atoms with Crippen LogP contribution in [0.3, 0.4) is 0 Å². The molecule has 0 spiro atoms. The number of ketones is 1. The molecule has 1 amide bonds. The second-order valence-electron chi connectivity index (χ2n) is 9.01. The van der Waals surface area contributed by atoms with Crippen LogP contribution in [0.5, 0.6) is 11.5 Å². The number of unbranched alkanes of at least 4 members (excludes halogenated alkanes) is 1. The number of amides is 1. The first-order chi connectivity index (χ1) is 18.9. The van der Waals surface area contributed by atoms with Gasteiger partial charge in [0.2, 0.25) is 0 Å². The number of aliphatic hydroxyl groups is 1. The Hall–Kier alpha value is -4.24. The Bertz CT molecular complexity index is 1560. The number of carbonyl (C=O) groups excluding carboxylic acids is 2. The van der Waals surface area contributed by atoms with Gasteiger partial charge in [0.25, 0.3) is 5.78 Å². The van der Waals surface area contributed by atoms with Gasteiger partial charge in [0.05, 0.1) is 35.0 Å². The largest absolute Gasteiger partial charge is 0.507 e. The molecule has 1 aromatic heterocycles. The highest BCUT2D eigenvalue weighted by atomic mass is 32.1. The van der Waals surface area contributed by atoms with Crippen molar-refractivity contribution in [2.45, 2.75) is 32.7 Å². The van der Waals surface area contributed by atoms with E-state index in [4.69, 9.17) is 9.47 Å². The van der Waals surface area contributed by atoms with E-state index in [-0.39, 0.29) is 11.1 Å². The van der Waals surface area contributed by atoms with Gasteiger partial charge in [-0.15, -0.1) is 0 Å². The van der Waals surface area contributed by atoms with Crippen LogP contribution in [-0.4, -0.2) is 35.0 Å². The van der Waals surface area contributed by atoms with Crippen LogP contribution in [0.1, 0.15) is 43.9 Å². The molecule has 1 aliphatic heterocycles. The topological polar surface area (TPSA) is 89.0 Å². The number of aliphatic hydroxyl groups excluding tert-OH is 1. The lowest BCUT2D eigenvalue weighted by Gasteiger charge is -2.23. The summed E-state index contributed by atoms with van der Waals surface area (Å²) in [7, 11) is 0. The first kappa shape index (κ1) is 26.4. The van der Waals surface area contributed by atoms with Crippen LogP contribution in [0.4, 0.5) is 9.52 Å². The SMILES string of the molecule is CCCCOc1cccc(C2/C(=C(\O)c3ccc(F)cc3)C(=O)C(=O)N2c2nc3ccc(OCC)cc3s2)c1.